The van der Waals surface area contributed by atoms with Crippen molar-refractivity contribution in [2.45, 2.75) is 38.2 Å². The molecule has 3 rings (SSSR count). The molecule has 10 heteroatoms. The first-order valence-electron chi connectivity index (χ1n) is 8.75. The molecule has 28 heavy (non-hydrogen) atoms. The maximum Gasteiger partial charge on any atom is 0.573 e. The summed E-state index contributed by atoms with van der Waals surface area (Å²) in [7, 11) is 0. The maximum atomic E-state index is 12.4. The minimum atomic E-state index is -4.78. The van der Waals surface area contributed by atoms with Gasteiger partial charge in [-0.15, -0.1) is 25.6 Å². The lowest BCUT2D eigenvalue weighted by Crippen LogP contribution is -2.29. The molecule has 1 aliphatic heterocycles. The minimum absolute atomic E-state index is 0. The van der Waals surface area contributed by atoms with Crippen molar-refractivity contribution in [1.82, 2.24) is 20.4 Å². The Hall–Kier alpha value is -2.26. The van der Waals surface area contributed by atoms with Crippen molar-refractivity contribution >= 4 is 18.3 Å². The maximum absolute atomic E-state index is 12.4. The number of nitrogens with zero attached hydrogens (tertiary/aromatic N) is 2. The van der Waals surface area contributed by atoms with Crippen molar-refractivity contribution in [3.05, 3.63) is 47.8 Å². The van der Waals surface area contributed by atoms with Crippen molar-refractivity contribution in [3.63, 3.8) is 0 Å². The summed E-state index contributed by atoms with van der Waals surface area (Å²) in [6, 6.07) is 7.62. The van der Waals surface area contributed by atoms with E-state index in [-0.39, 0.29) is 42.7 Å². The molecule has 1 fully saturated rings. The van der Waals surface area contributed by atoms with Crippen LogP contribution in [-0.2, 0) is 17.9 Å². The molecule has 2 aromatic rings. The number of benzene rings is 1. The number of carbonyl (C=O) groups is 1. The Morgan fingerprint density at radius 3 is 2.82 bits per heavy atom. The molecular weight excluding hydrogens is 397 g/mol. The summed E-state index contributed by atoms with van der Waals surface area (Å²) in [5.74, 6) is -0.320. The van der Waals surface area contributed by atoms with E-state index in [1.807, 2.05) is 6.07 Å². The van der Waals surface area contributed by atoms with Gasteiger partial charge in [-0.25, -0.2) is 0 Å². The normalized spacial score (nSPS) is 16.9. The number of aromatic nitrogens is 2. The molecule has 0 aliphatic carbocycles. The highest BCUT2D eigenvalue weighted by Crippen LogP contribution is 2.26. The molecule has 1 aromatic heterocycles. The van der Waals surface area contributed by atoms with E-state index in [1.54, 1.807) is 12.3 Å². The van der Waals surface area contributed by atoms with Gasteiger partial charge in [0.15, 0.2) is 0 Å². The SMILES string of the molecule is Cl.O=C(Cn1ccc(C2CCCNC2)n1)NCc1ccccc1OC(F)(F)F. The number of halogens is 4. The predicted molar refractivity (Wildman–Crippen MR) is 99.3 cm³/mol. The van der Waals surface area contributed by atoms with Gasteiger partial charge in [-0.05, 0) is 31.5 Å². The van der Waals surface area contributed by atoms with Gasteiger partial charge in [-0.1, -0.05) is 18.2 Å². The van der Waals surface area contributed by atoms with Crippen LogP contribution in [0.4, 0.5) is 13.2 Å². The minimum Gasteiger partial charge on any atom is -0.405 e. The molecule has 0 radical (unpaired) electrons. The molecule has 1 amide bonds. The van der Waals surface area contributed by atoms with Crippen molar-refractivity contribution < 1.29 is 22.7 Å². The Bertz CT molecular complexity index is 776. The summed E-state index contributed by atoms with van der Waals surface area (Å²) in [5.41, 5.74) is 1.19. The van der Waals surface area contributed by atoms with Crippen molar-refractivity contribution in [3.8, 4) is 5.75 Å². The van der Waals surface area contributed by atoms with Gasteiger partial charge < -0.3 is 15.4 Å². The average Bonchev–Trinajstić information content (AvgIpc) is 3.09. The van der Waals surface area contributed by atoms with Crippen LogP contribution < -0.4 is 15.4 Å². The molecule has 1 atom stereocenters. The van der Waals surface area contributed by atoms with Gasteiger partial charge in [0, 0.05) is 30.8 Å². The average molecular weight is 419 g/mol. The first kappa shape index (κ1) is 22.0. The van der Waals surface area contributed by atoms with E-state index in [1.165, 1.54) is 22.9 Å². The van der Waals surface area contributed by atoms with E-state index in [0.717, 1.165) is 31.6 Å². The van der Waals surface area contributed by atoms with Crippen molar-refractivity contribution in [2.24, 2.45) is 0 Å². The van der Waals surface area contributed by atoms with Gasteiger partial charge in [0.25, 0.3) is 0 Å². The number of hydrogen-bond donors (Lipinski definition) is 2. The van der Waals surface area contributed by atoms with Crippen LogP contribution in [0.2, 0.25) is 0 Å². The van der Waals surface area contributed by atoms with E-state index < -0.39 is 6.36 Å². The molecule has 2 heterocycles. The zero-order chi connectivity index (χ0) is 19.3. The molecule has 1 aliphatic rings. The largest absolute Gasteiger partial charge is 0.573 e. The highest BCUT2D eigenvalue weighted by molar-refractivity contribution is 5.85. The fraction of sp³-hybridized carbons (Fsp3) is 0.444. The standard InChI is InChI=1S/C18H21F3N4O2.ClH/c19-18(20,21)27-16-6-2-1-4-14(16)11-23-17(26)12-25-9-7-15(24-25)13-5-3-8-22-10-13;/h1-2,4,6-7,9,13,22H,3,5,8,10-12H2,(H,23,26);1H. The Balaban J connectivity index is 0.00000280. The van der Waals surface area contributed by atoms with E-state index in [0.29, 0.717) is 5.92 Å². The van der Waals surface area contributed by atoms with E-state index in [9.17, 15) is 18.0 Å². The van der Waals surface area contributed by atoms with Crippen LogP contribution in [0, 0.1) is 0 Å². The molecule has 2 N–H and O–H groups in total. The molecule has 0 bridgehead atoms. The second-order valence-corrected chi connectivity index (χ2v) is 6.41. The van der Waals surface area contributed by atoms with E-state index >= 15 is 0 Å². The van der Waals surface area contributed by atoms with Crippen molar-refractivity contribution in [1.29, 1.82) is 0 Å². The highest BCUT2D eigenvalue weighted by atomic mass is 35.5. The summed E-state index contributed by atoms with van der Waals surface area (Å²) in [6.45, 7) is 1.83. The molecule has 0 saturated carbocycles. The molecule has 1 saturated heterocycles. The van der Waals surface area contributed by atoms with Gasteiger partial charge in [-0.2, -0.15) is 5.10 Å². The second kappa shape index (κ2) is 9.79. The lowest BCUT2D eigenvalue weighted by molar-refractivity contribution is -0.274. The molecule has 0 spiro atoms. The Morgan fingerprint density at radius 1 is 1.32 bits per heavy atom. The molecular formula is C18H22ClF3N4O2. The number of rotatable bonds is 6. The summed E-state index contributed by atoms with van der Waals surface area (Å²) >= 11 is 0. The van der Waals surface area contributed by atoms with Gasteiger partial charge in [0.2, 0.25) is 5.91 Å². The van der Waals surface area contributed by atoms with Gasteiger partial charge in [-0.3, -0.25) is 9.48 Å². The highest BCUT2D eigenvalue weighted by Gasteiger charge is 2.32. The van der Waals surface area contributed by atoms with Gasteiger partial charge in [0.05, 0.1) is 5.69 Å². The number of hydrogen-bond acceptors (Lipinski definition) is 4. The Morgan fingerprint density at radius 2 is 2.11 bits per heavy atom. The number of carbonyl (C=O) groups excluding carboxylic acids is 1. The van der Waals surface area contributed by atoms with Crippen LogP contribution in [0.1, 0.15) is 30.0 Å². The zero-order valence-corrected chi connectivity index (χ0v) is 15.9. The lowest BCUT2D eigenvalue weighted by atomic mass is 9.97. The Kier molecular flexibility index (Phi) is 7.70. The number of alkyl halides is 3. The topological polar surface area (TPSA) is 68.2 Å². The van der Waals surface area contributed by atoms with Crippen LogP contribution in [0.25, 0.3) is 0 Å². The monoisotopic (exact) mass is 418 g/mol. The third-order valence-electron chi connectivity index (χ3n) is 4.36. The van der Waals surface area contributed by atoms with Crippen LogP contribution in [0.3, 0.4) is 0 Å². The van der Waals surface area contributed by atoms with E-state index in [2.05, 4.69) is 20.5 Å². The summed E-state index contributed by atoms with van der Waals surface area (Å²) < 4.78 is 42.8. The Labute approximate surface area is 166 Å². The lowest BCUT2D eigenvalue weighted by Gasteiger charge is -2.20. The van der Waals surface area contributed by atoms with Crippen LogP contribution >= 0.6 is 12.4 Å². The third kappa shape index (κ3) is 6.42. The molecule has 1 aromatic carbocycles. The molecule has 154 valence electrons. The summed E-state index contributed by atoms with van der Waals surface area (Å²) in [5, 5.41) is 10.4. The van der Waals surface area contributed by atoms with Gasteiger partial charge >= 0.3 is 6.36 Å². The van der Waals surface area contributed by atoms with Crippen LogP contribution in [0.15, 0.2) is 36.5 Å². The first-order valence-corrected chi connectivity index (χ1v) is 8.75. The number of amides is 1. The predicted octanol–water partition coefficient (Wildman–Crippen LogP) is 2.99. The smallest absolute Gasteiger partial charge is 0.405 e. The summed E-state index contributed by atoms with van der Waals surface area (Å²) in [6.07, 6.45) is -0.882. The second-order valence-electron chi connectivity index (χ2n) is 6.41. The number of nitrogens with one attached hydrogen (secondary N) is 2. The van der Waals surface area contributed by atoms with Crippen LogP contribution in [0.5, 0.6) is 5.75 Å². The summed E-state index contributed by atoms with van der Waals surface area (Å²) in [4.78, 5) is 12.1. The third-order valence-corrected chi connectivity index (χ3v) is 4.36. The van der Waals surface area contributed by atoms with E-state index in [4.69, 9.17) is 0 Å². The van der Waals surface area contributed by atoms with Crippen LogP contribution in [-0.4, -0.2) is 35.1 Å². The number of para-hydroxylation sites is 1. The fourth-order valence-electron chi connectivity index (χ4n) is 3.06. The zero-order valence-electron chi connectivity index (χ0n) is 15.0. The first-order chi connectivity index (χ1) is 12.9. The van der Waals surface area contributed by atoms with Gasteiger partial charge in [0.1, 0.15) is 12.3 Å². The quantitative estimate of drug-likeness (QED) is 0.756. The van der Waals surface area contributed by atoms with Crippen molar-refractivity contribution in [2.75, 3.05) is 13.1 Å². The molecule has 6 nitrogen and oxygen atoms in total. The number of ether oxygens (including phenoxy) is 1. The molecule has 1 unspecified atom stereocenters. The fourth-order valence-corrected chi connectivity index (χ4v) is 3.06. The number of piperidine rings is 1.